The number of aromatic nitrogens is 4. The third kappa shape index (κ3) is 2.13. The SMILES string of the molecule is Cc1nnc(-c2ccc(C[NH3+])cc2)nn1. The van der Waals surface area contributed by atoms with Crippen LogP contribution in [0.25, 0.3) is 11.4 Å². The van der Waals surface area contributed by atoms with Gasteiger partial charge in [-0.15, -0.1) is 20.4 Å². The maximum Gasteiger partial charge on any atom is 0.203 e. The minimum absolute atomic E-state index is 0.552. The highest BCUT2D eigenvalue weighted by Crippen LogP contribution is 2.13. The lowest BCUT2D eigenvalue weighted by atomic mass is 10.1. The molecule has 0 amide bonds. The van der Waals surface area contributed by atoms with E-state index in [9.17, 15) is 0 Å². The second-order valence-corrected chi connectivity index (χ2v) is 3.22. The van der Waals surface area contributed by atoms with E-state index in [4.69, 9.17) is 0 Å². The average molecular weight is 202 g/mol. The van der Waals surface area contributed by atoms with Crippen LogP contribution in [-0.4, -0.2) is 20.4 Å². The number of quaternary nitrogens is 1. The average Bonchev–Trinajstić information content (AvgIpc) is 2.30. The van der Waals surface area contributed by atoms with E-state index in [0.29, 0.717) is 11.6 Å². The normalized spacial score (nSPS) is 10.3. The maximum atomic E-state index is 3.96. The molecule has 3 N–H and O–H groups in total. The molecule has 0 aliphatic rings. The Kier molecular flexibility index (Phi) is 2.64. The summed E-state index contributed by atoms with van der Waals surface area (Å²) in [5.41, 5.74) is 5.92. The lowest BCUT2D eigenvalue weighted by Gasteiger charge is -1.99. The fourth-order valence-corrected chi connectivity index (χ4v) is 1.22. The molecule has 0 spiro atoms. The summed E-state index contributed by atoms with van der Waals surface area (Å²) in [6, 6.07) is 7.92. The molecule has 0 bridgehead atoms. The van der Waals surface area contributed by atoms with E-state index >= 15 is 0 Å². The topological polar surface area (TPSA) is 79.2 Å². The molecular formula is C10H12N5+. The third-order valence-corrected chi connectivity index (χ3v) is 2.08. The van der Waals surface area contributed by atoms with Crippen LogP contribution in [0.2, 0.25) is 0 Å². The summed E-state index contributed by atoms with van der Waals surface area (Å²) in [7, 11) is 0. The minimum atomic E-state index is 0.552. The van der Waals surface area contributed by atoms with Crippen LogP contribution in [0.5, 0.6) is 0 Å². The molecule has 2 aromatic rings. The first-order valence-corrected chi connectivity index (χ1v) is 4.72. The van der Waals surface area contributed by atoms with Gasteiger partial charge in [0.15, 0.2) is 5.82 Å². The van der Waals surface area contributed by atoms with Gasteiger partial charge in [-0.05, 0) is 6.92 Å². The molecule has 0 atom stereocenters. The summed E-state index contributed by atoms with van der Waals surface area (Å²) in [4.78, 5) is 0. The van der Waals surface area contributed by atoms with E-state index in [1.54, 1.807) is 6.92 Å². The van der Waals surface area contributed by atoms with Crippen molar-refractivity contribution in [3.05, 3.63) is 35.7 Å². The number of benzene rings is 1. The molecule has 0 radical (unpaired) electrons. The second kappa shape index (κ2) is 4.10. The van der Waals surface area contributed by atoms with Crippen molar-refractivity contribution in [1.82, 2.24) is 20.4 Å². The van der Waals surface area contributed by atoms with Crippen molar-refractivity contribution in [2.24, 2.45) is 0 Å². The van der Waals surface area contributed by atoms with Gasteiger partial charge in [0.1, 0.15) is 0 Å². The summed E-state index contributed by atoms with van der Waals surface area (Å²) in [6.07, 6.45) is 0. The lowest BCUT2D eigenvalue weighted by Crippen LogP contribution is -2.47. The predicted octanol–water partition coefficient (Wildman–Crippen LogP) is -0.0161. The zero-order valence-electron chi connectivity index (χ0n) is 8.51. The zero-order valence-corrected chi connectivity index (χ0v) is 8.51. The van der Waals surface area contributed by atoms with E-state index < -0.39 is 0 Å². The van der Waals surface area contributed by atoms with Crippen LogP contribution in [0, 0.1) is 6.92 Å². The van der Waals surface area contributed by atoms with E-state index in [0.717, 1.165) is 12.1 Å². The Morgan fingerprint density at radius 3 is 2.13 bits per heavy atom. The van der Waals surface area contributed by atoms with Gasteiger partial charge in [-0.1, -0.05) is 24.3 Å². The van der Waals surface area contributed by atoms with Gasteiger partial charge in [0, 0.05) is 11.1 Å². The van der Waals surface area contributed by atoms with Gasteiger partial charge in [0.05, 0.1) is 6.54 Å². The molecule has 0 aliphatic heterocycles. The first-order valence-electron chi connectivity index (χ1n) is 4.72. The maximum absolute atomic E-state index is 3.96. The molecule has 5 heteroatoms. The summed E-state index contributed by atoms with van der Waals surface area (Å²) in [5.74, 6) is 1.13. The molecule has 15 heavy (non-hydrogen) atoms. The van der Waals surface area contributed by atoms with E-state index in [1.807, 2.05) is 24.3 Å². The molecule has 0 saturated heterocycles. The van der Waals surface area contributed by atoms with Crippen molar-refractivity contribution >= 4 is 0 Å². The predicted molar refractivity (Wildman–Crippen MR) is 54.4 cm³/mol. The van der Waals surface area contributed by atoms with Crippen molar-refractivity contribution in [2.45, 2.75) is 13.5 Å². The largest absolute Gasteiger partial charge is 0.354 e. The van der Waals surface area contributed by atoms with Crippen LogP contribution in [0.1, 0.15) is 11.4 Å². The van der Waals surface area contributed by atoms with E-state index in [-0.39, 0.29) is 0 Å². The van der Waals surface area contributed by atoms with Crippen molar-refractivity contribution in [3.63, 3.8) is 0 Å². The Balaban J connectivity index is 2.33. The molecule has 76 valence electrons. The molecule has 0 fully saturated rings. The van der Waals surface area contributed by atoms with E-state index in [2.05, 4.69) is 26.1 Å². The van der Waals surface area contributed by atoms with Gasteiger partial charge in [0.25, 0.3) is 0 Å². The summed E-state index contributed by atoms with van der Waals surface area (Å²) < 4.78 is 0. The van der Waals surface area contributed by atoms with Crippen LogP contribution in [0.3, 0.4) is 0 Å². The molecule has 1 heterocycles. The summed E-state index contributed by atoms with van der Waals surface area (Å²) in [5, 5.41) is 15.7. The first-order chi connectivity index (χ1) is 7.29. The highest BCUT2D eigenvalue weighted by molar-refractivity contribution is 5.53. The number of hydrogen-bond acceptors (Lipinski definition) is 4. The van der Waals surface area contributed by atoms with Gasteiger partial charge < -0.3 is 5.73 Å². The van der Waals surface area contributed by atoms with Crippen LogP contribution in [-0.2, 0) is 6.54 Å². The van der Waals surface area contributed by atoms with Crippen LogP contribution >= 0.6 is 0 Å². The molecular weight excluding hydrogens is 190 g/mol. The Morgan fingerprint density at radius 2 is 1.60 bits per heavy atom. The zero-order chi connectivity index (χ0) is 10.7. The van der Waals surface area contributed by atoms with Crippen molar-refractivity contribution in [2.75, 3.05) is 0 Å². The molecule has 0 unspecified atom stereocenters. The lowest BCUT2D eigenvalue weighted by molar-refractivity contribution is -0.386. The Hall–Kier alpha value is -1.88. The summed E-state index contributed by atoms with van der Waals surface area (Å²) >= 11 is 0. The smallest absolute Gasteiger partial charge is 0.203 e. The molecule has 0 saturated carbocycles. The number of rotatable bonds is 2. The van der Waals surface area contributed by atoms with Gasteiger partial charge >= 0.3 is 0 Å². The first kappa shape index (κ1) is 9.67. The fraction of sp³-hybridized carbons (Fsp3) is 0.200. The number of hydrogen-bond donors (Lipinski definition) is 1. The molecule has 5 nitrogen and oxygen atoms in total. The number of nitrogens with zero attached hydrogens (tertiary/aromatic N) is 4. The highest BCUT2D eigenvalue weighted by atomic mass is 15.3. The minimum Gasteiger partial charge on any atom is -0.354 e. The van der Waals surface area contributed by atoms with Gasteiger partial charge in [-0.2, -0.15) is 0 Å². The van der Waals surface area contributed by atoms with Gasteiger partial charge in [-0.25, -0.2) is 0 Å². The monoisotopic (exact) mass is 202 g/mol. The Labute approximate surface area is 87.4 Å². The van der Waals surface area contributed by atoms with Gasteiger partial charge in [0.2, 0.25) is 5.82 Å². The van der Waals surface area contributed by atoms with Crippen molar-refractivity contribution < 1.29 is 5.73 Å². The van der Waals surface area contributed by atoms with Gasteiger partial charge in [-0.3, -0.25) is 0 Å². The highest BCUT2D eigenvalue weighted by Gasteiger charge is 2.02. The fourth-order valence-electron chi connectivity index (χ4n) is 1.22. The van der Waals surface area contributed by atoms with Crippen molar-refractivity contribution in [3.8, 4) is 11.4 Å². The quantitative estimate of drug-likeness (QED) is 0.742. The van der Waals surface area contributed by atoms with E-state index in [1.165, 1.54) is 5.56 Å². The Bertz CT molecular complexity index is 434. The standard InChI is InChI=1S/C10H11N5/c1-7-12-14-10(15-13-7)9-4-2-8(6-11)3-5-9/h2-5H,6,11H2,1H3/p+1. The molecule has 0 aliphatic carbocycles. The number of aryl methyl sites for hydroxylation is 1. The third-order valence-electron chi connectivity index (χ3n) is 2.08. The molecule has 1 aromatic heterocycles. The Morgan fingerprint density at radius 1 is 1.00 bits per heavy atom. The second-order valence-electron chi connectivity index (χ2n) is 3.22. The van der Waals surface area contributed by atoms with Crippen molar-refractivity contribution in [1.29, 1.82) is 0 Å². The van der Waals surface area contributed by atoms with Crippen LogP contribution in [0.15, 0.2) is 24.3 Å². The molecule has 2 rings (SSSR count). The van der Waals surface area contributed by atoms with Crippen LogP contribution in [0.4, 0.5) is 0 Å². The van der Waals surface area contributed by atoms with Crippen LogP contribution < -0.4 is 5.73 Å². The summed E-state index contributed by atoms with van der Waals surface area (Å²) in [6.45, 7) is 2.54. The molecule has 1 aromatic carbocycles.